The normalized spacial score (nSPS) is 14.1. The summed E-state index contributed by atoms with van der Waals surface area (Å²) in [6.45, 7) is 1.18. The van der Waals surface area contributed by atoms with E-state index in [9.17, 15) is 22.4 Å². The number of carbonyl (C=O) groups excluding carboxylic acids is 2. The third-order valence-electron chi connectivity index (χ3n) is 5.93. The number of aromatic nitrogens is 4. The van der Waals surface area contributed by atoms with Gasteiger partial charge >= 0.3 is 0 Å². The van der Waals surface area contributed by atoms with E-state index in [-0.39, 0.29) is 41.8 Å². The largest absolute Gasteiger partial charge is 0.379 e. The number of hydrogen-bond donors (Lipinski definition) is 2. The summed E-state index contributed by atoms with van der Waals surface area (Å²) >= 11 is 2.42. The lowest BCUT2D eigenvalue weighted by Gasteiger charge is -2.26. The first-order chi connectivity index (χ1) is 19.8. The van der Waals surface area contributed by atoms with Crippen molar-refractivity contribution in [3.8, 4) is 5.69 Å². The average Bonchev–Trinajstić information content (AvgIpc) is 3.65. The Morgan fingerprint density at radius 3 is 2.46 bits per heavy atom. The van der Waals surface area contributed by atoms with E-state index in [0.29, 0.717) is 35.0 Å². The zero-order valence-electron chi connectivity index (χ0n) is 21.4. The maximum absolute atomic E-state index is 13.6. The van der Waals surface area contributed by atoms with Crippen LogP contribution in [0.15, 0.2) is 70.2 Å². The first-order valence-electron chi connectivity index (χ1n) is 12.3. The summed E-state index contributed by atoms with van der Waals surface area (Å²) in [6, 6.07) is 11.3. The standard InChI is InChI=1S/C25H24FN7O5S3/c26-18-3-5-19(6-4-18)33-21(30-31-25(33)40-16-22(34)29-24-27-9-14-39-24)15-28-23(35)17-1-7-20(8-2-17)41(36,37)32-10-12-38-13-11-32/h1-9,14H,10-13,15-16H2,(H,28,35)(H,27,29,34). The molecule has 4 aromatic rings. The second kappa shape index (κ2) is 12.9. The van der Waals surface area contributed by atoms with Crippen LogP contribution < -0.4 is 10.6 Å². The van der Waals surface area contributed by atoms with Crippen LogP contribution in [-0.4, -0.2) is 76.3 Å². The van der Waals surface area contributed by atoms with Gasteiger partial charge in [-0.2, -0.15) is 4.31 Å². The van der Waals surface area contributed by atoms with Gasteiger partial charge in [-0.05, 0) is 48.5 Å². The number of halogens is 1. The number of thiazole rings is 1. The number of thioether (sulfide) groups is 1. The quantitative estimate of drug-likeness (QED) is 0.256. The van der Waals surface area contributed by atoms with E-state index in [1.807, 2.05) is 0 Å². The molecule has 1 saturated heterocycles. The molecule has 12 nitrogen and oxygen atoms in total. The molecule has 1 fully saturated rings. The Labute approximate surface area is 243 Å². The van der Waals surface area contributed by atoms with Gasteiger partial charge in [-0.25, -0.2) is 17.8 Å². The fraction of sp³-hybridized carbons (Fsp3) is 0.240. The minimum absolute atomic E-state index is 0.0188. The lowest BCUT2D eigenvalue weighted by atomic mass is 10.2. The van der Waals surface area contributed by atoms with Crippen LogP contribution in [0.2, 0.25) is 0 Å². The second-order valence-electron chi connectivity index (χ2n) is 8.61. The van der Waals surface area contributed by atoms with Crippen LogP contribution in [0.4, 0.5) is 9.52 Å². The van der Waals surface area contributed by atoms with Crippen molar-refractivity contribution in [2.24, 2.45) is 0 Å². The Bertz CT molecular complexity index is 1610. The summed E-state index contributed by atoms with van der Waals surface area (Å²) in [5.74, 6) is -0.795. The van der Waals surface area contributed by atoms with Crippen LogP contribution in [0.25, 0.3) is 5.69 Å². The maximum Gasteiger partial charge on any atom is 0.251 e. The van der Waals surface area contributed by atoms with Gasteiger partial charge < -0.3 is 15.4 Å². The first kappa shape index (κ1) is 28.8. The summed E-state index contributed by atoms with van der Waals surface area (Å²) in [6.07, 6.45) is 1.58. The molecule has 5 rings (SSSR count). The van der Waals surface area contributed by atoms with Crippen LogP contribution in [0.5, 0.6) is 0 Å². The topological polar surface area (TPSA) is 148 Å². The molecule has 2 aromatic heterocycles. The van der Waals surface area contributed by atoms with Crippen LogP contribution in [0.3, 0.4) is 0 Å². The van der Waals surface area contributed by atoms with Gasteiger partial charge in [0.05, 0.1) is 30.4 Å². The Hall–Kier alpha value is -3.70. The van der Waals surface area contributed by atoms with Crippen molar-refractivity contribution in [2.75, 3.05) is 37.4 Å². The molecule has 1 aliphatic heterocycles. The summed E-state index contributed by atoms with van der Waals surface area (Å²) in [7, 11) is -3.68. The number of rotatable bonds is 10. The summed E-state index contributed by atoms with van der Waals surface area (Å²) < 4.78 is 47.5. The average molecular weight is 618 g/mol. The van der Waals surface area contributed by atoms with Crippen LogP contribution >= 0.6 is 23.1 Å². The third-order valence-corrected chi connectivity index (χ3v) is 9.46. The summed E-state index contributed by atoms with van der Waals surface area (Å²) in [4.78, 5) is 29.4. The molecular formula is C25H24FN7O5S3. The van der Waals surface area contributed by atoms with Crippen molar-refractivity contribution in [3.63, 3.8) is 0 Å². The minimum atomic E-state index is -3.68. The van der Waals surface area contributed by atoms with E-state index in [1.54, 1.807) is 16.1 Å². The van der Waals surface area contributed by atoms with Gasteiger partial charge in [0.15, 0.2) is 16.1 Å². The van der Waals surface area contributed by atoms with Gasteiger partial charge in [-0.15, -0.1) is 21.5 Å². The molecule has 1 aliphatic rings. The fourth-order valence-corrected chi connectivity index (χ4v) is 6.63. The Kier molecular flexibility index (Phi) is 9.04. The molecular weight excluding hydrogens is 594 g/mol. The van der Waals surface area contributed by atoms with Gasteiger partial charge in [0.25, 0.3) is 5.91 Å². The SMILES string of the molecule is O=C(CSc1nnc(CNC(=O)c2ccc(S(=O)(=O)N3CCOCC3)cc2)n1-c1ccc(F)cc1)Nc1nccs1. The highest BCUT2D eigenvalue weighted by Gasteiger charge is 2.26. The number of nitrogens with zero attached hydrogens (tertiary/aromatic N) is 5. The summed E-state index contributed by atoms with van der Waals surface area (Å²) in [5.41, 5.74) is 0.799. The Balaban J connectivity index is 1.27. The number of anilines is 1. The number of sulfonamides is 1. The molecule has 0 atom stereocenters. The van der Waals surface area contributed by atoms with Gasteiger partial charge in [-0.1, -0.05) is 11.8 Å². The van der Waals surface area contributed by atoms with Crippen molar-refractivity contribution in [2.45, 2.75) is 16.6 Å². The van der Waals surface area contributed by atoms with Gasteiger partial charge in [-0.3, -0.25) is 14.2 Å². The molecule has 214 valence electrons. The number of ether oxygens (including phenoxy) is 1. The predicted octanol–water partition coefficient (Wildman–Crippen LogP) is 2.54. The van der Waals surface area contributed by atoms with E-state index < -0.39 is 21.7 Å². The van der Waals surface area contributed by atoms with Crippen molar-refractivity contribution in [1.29, 1.82) is 0 Å². The minimum Gasteiger partial charge on any atom is -0.379 e. The molecule has 41 heavy (non-hydrogen) atoms. The molecule has 0 saturated carbocycles. The van der Waals surface area contributed by atoms with E-state index in [1.165, 1.54) is 64.2 Å². The van der Waals surface area contributed by atoms with E-state index >= 15 is 0 Å². The number of carbonyl (C=O) groups is 2. The van der Waals surface area contributed by atoms with Crippen molar-refractivity contribution < 1.29 is 27.1 Å². The molecule has 3 heterocycles. The monoisotopic (exact) mass is 617 g/mol. The maximum atomic E-state index is 13.6. The van der Waals surface area contributed by atoms with E-state index in [4.69, 9.17) is 4.74 Å². The van der Waals surface area contributed by atoms with Crippen LogP contribution in [0, 0.1) is 5.82 Å². The van der Waals surface area contributed by atoms with Crippen LogP contribution in [0.1, 0.15) is 16.2 Å². The molecule has 2 aromatic carbocycles. The highest BCUT2D eigenvalue weighted by Crippen LogP contribution is 2.23. The highest BCUT2D eigenvalue weighted by molar-refractivity contribution is 7.99. The summed E-state index contributed by atoms with van der Waals surface area (Å²) in [5, 5.41) is 16.4. The Morgan fingerprint density at radius 1 is 1.05 bits per heavy atom. The third kappa shape index (κ3) is 6.97. The molecule has 2 amide bonds. The zero-order chi connectivity index (χ0) is 28.8. The molecule has 0 spiro atoms. The van der Waals surface area contributed by atoms with Gasteiger partial charge in [0.1, 0.15) is 5.82 Å². The lowest BCUT2D eigenvalue weighted by Crippen LogP contribution is -2.40. The van der Waals surface area contributed by atoms with Gasteiger partial charge in [0, 0.05) is 35.9 Å². The van der Waals surface area contributed by atoms with Crippen molar-refractivity contribution in [3.05, 3.63) is 77.3 Å². The molecule has 0 aliphatic carbocycles. The molecule has 0 bridgehead atoms. The second-order valence-corrected chi connectivity index (χ2v) is 12.4. The highest BCUT2D eigenvalue weighted by atomic mass is 32.2. The zero-order valence-corrected chi connectivity index (χ0v) is 23.8. The first-order valence-corrected chi connectivity index (χ1v) is 15.6. The van der Waals surface area contributed by atoms with Crippen LogP contribution in [-0.2, 0) is 26.1 Å². The van der Waals surface area contributed by atoms with E-state index in [0.717, 1.165) is 11.8 Å². The number of nitrogens with one attached hydrogen (secondary N) is 2. The predicted molar refractivity (Wildman–Crippen MR) is 150 cm³/mol. The van der Waals surface area contributed by atoms with Gasteiger partial charge in [0.2, 0.25) is 15.9 Å². The van der Waals surface area contributed by atoms with Crippen molar-refractivity contribution in [1.82, 2.24) is 29.4 Å². The fourth-order valence-electron chi connectivity index (χ4n) is 3.90. The number of amides is 2. The smallest absolute Gasteiger partial charge is 0.251 e. The molecule has 0 unspecified atom stereocenters. The molecule has 2 N–H and O–H groups in total. The van der Waals surface area contributed by atoms with Crippen molar-refractivity contribution >= 4 is 50.1 Å². The number of morpholine rings is 1. The Morgan fingerprint density at radius 2 is 1.78 bits per heavy atom. The lowest BCUT2D eigenvalue weighted by molar-refractivity contribution is -0.113. The number of benzene rings is 2. The molecule has 0 radical (unpaired) electrons. The number of hydrogen-bond acceptors (Lipinski definition) is 10. The van der Waals surface area contributed by atoms with E-state index in [2.05, 4.69) is 25.8 Å². The molecule has 16 heteroatoms.